The Kier molecular flexibility index (Phi) is 3.19. The second kappa shape index (κ2) is 4.61. The maximum absolute atomic E-state index is 10.6. The summed E-state index contributed by atoms with van der Waals surface area (Å²) in [5.41, 5.74) is 0. The fraction of sp³-hybridized carbons (Fsp3) is 0.700. The summed E-state index contributed by atoms with van der Waals surface area (Å²) in [5.74, 6) is 0.599. The molecule has 1 unspecified atom stereocenters. The van der Waals surface area contributed by atoms with Crippen molar-refractivity contribution in [1.82, 2.24) is 15.1 Å². The second-order valence-corrected chi connectivity index (χ2v) is 4.12. The van der Waals surface area contributed by atoms with Gasteiger partial charge in [0.15, 0.2) is 0 Å². The van der Waals surface area contributed by atoms with E-state index in [1.165, 1.54) is 6.42 Å². The quantitative estimate of drug-likeness (QED) is 0.730. The number of nitrogens with zero attached hydrogens (tertiary/aromatic N) is 2. The lowest BCUT2D eigenvalue weighted by molar-refractivity contribution is -0.0694. The molecular weight excluding hydrogens is 210 g/mol. The molecule has 0 radical (unpaired) electrons. The molecule has 6 heteroatoms. The summed E-state index contributed by atoms with van der Waals surface area (Å²) in [4.78, 5) is 14.4. The van der Waals surface area contributed by atoms with Crippen LogP contribution in [0.15, 0.2) is 12.0 Å². The van der Waals surface area contributed by atoms with Crippen molar-refractivity contribution in [2.45, 2.75) is 25.5 Å². The Morgan fingerprint density at radius 2 is 2.44 bits per heavy atom. The molecule has 2 N–H and O–H groups in total. The third-order valence-corrected chi connectivity index (χ3v) is 2.84. The van der Waals surface area contributed by atoms with Crippen molar-refractivity contribution < 1.29 is 14.6 Å². The number of rotatable bonds is 2. The molecule has 90 valence electrons. The average molecular weight is 227 g/mol. The summed E-state index contributed by atoms with van der Waals surface area (Å²) in [6.45, 7) is 1.46. The first-order valence-electron chi connectivity index (χ1n) is 5.47. The van der Waals surface area contributed by atoms with Gasteiger partial charge >= 0.3 is 6.09 Å². The van der Waals surface area contributed by atoms with Crippen molar-refractivity contribution in [2.24, 2.45) is 0 Å². The molecule has 0 aromatic carbocycles. The number of hydrogen-bond donors (Lipinski definition) is 2. The van der Waals surface area contributed by atoms with E-state index in [9.17, 15) is 4.79 Å². The zero-order valence-electron chi connectivity index (χ0n) is 9.35. The fourth-order valence-electron chi connectivity index (χ4n) is 2.01. The summed E-state index contributed by atoms with van der Waals surface area (Å²) >= 11 is 0. The summed E-state index contributed by atoms with van der Waals surface area (Å²) in [7, 11) is 1.85. The van der Waals surface area contributed by atoms with Gasteiger partial charge in [0.25, 0.3) is 0 Å². The Labute approximate surface area is 94.5 Å². The Morgan fingerprint density at radius 3 is 3.06 bits per heavy atom. The highest BCUT2D eigenvalue weighted by molar-refractivity contribution is 5.66. The molecule has 6 nitrogen and oxygen atoms in total. The lowest BCUT2D eigenvalue weighted by Crippen LogP contribution is -2.37. The Hall–Kier alpha value is -1.43. The van der Waals surface area contributed by atoms with Gasteiger partial charge in [0.2, 0.25) is 0 Å². The van der Waals surface area contributed by atoms with Gasteiger partial charge in [0.05, 0.1) is 6.67 Å². The highest BCUT2D eigenvalue weighted by Gasteiger charge is 2.26. The van der Waals surface area contributed by atoms with E-state index in [0.717, 1.165) is 19.4 Å². The highest BCUT2D eigenvalue weighted by Crippen LogP contribution is 2.21. The van der Waals surface area contributed by atoms with Gasteiger partial charge in [-0.3, -0.25) is 5.32 Å². The maximum atomic E-state index is 10.6. The number of hydrogen-bond acceptors (Lipinski definition) is 4. The van der Waals surface area contributed by atoms with Crippen LogP contribution in [0.4, 0.5) is 4.79 Å². The van der Waals surface area contributed by atoms with Gasteiger partial charge in [0.1, 0.15) is 12.0 Å². The van der Waals surface area contributed by atoms with Crippen LogP contribution >= 0.6 is 0 Å². The van der Waals surface area contributed by atoms with Gasteiger partial charge in [-0.05, 0) is 19.3 Å². The van der Waals surface area contributed by atoms with Gasteiger partial charge in [-0.25, -0.2) is 4.79 Å². The summed E-state index contributed by atoms with van der Waals surface area (Å²) < 4.78 is 5.64. The standard InChI is InChI=1S/C10H17N3O3/c1-12-7-13(6-8(12)11-10(14)15)9-4-2-3-5-16-9/h6,9,11H,2-5,7H2,1H3,(H,14,15). The third-order valence-electron chi connectivity index (χ3n) is 2.84. The van der Waals surface area contributed by atoms with E-state index in [1.54, 1.807) is 0 Å². The molecule has 0 spiro atoms. The molecule has 16 heavy (non-hydrogen) atoms. The Balaban J connectivity index is 1.97. The van der Waals surface area contributed by atoms with Crippen LogP contribution in [-0.2, 0) is 4.74 Å². The minimum Gasteiger partial charge on any atom is -0.465 e. The van der Waals surface area contributed by atoms with Crippen molar-refractivity contribution in [1.29, 1.82) is 0 Å². The molecule has 1 atom stereocenters. The molecule has 1 fully saturated rings. The number of amides is 1. The topological polar surface area (TPSA) is 65.0 Å². The lowest BCUT2D eigenvalue weighted by atomic mass is 10.2. The van der Waals surface area contributed by atoms with Gasteiger partial charge < -0.3 is 19.6 Å². The molecule has 1 saturated heterocycles. The van der Waals surface area contributed by atoms with Gasteiger partial charge in [-0.2, -0.15) is 0 Å². The van der Waals surface area contributed by atoms with E-state index >= 15 is 0 Å². The van der Waals surface area contributed by atoms with Crippen LogP contribution in [0.3, 0.4) is 0 Å². The van der Waals surface area contributed by atoms with Crippen LogP contribution in [0.2, 0.25) is 0 Å². The molecule has 0 saturated carbocycles. The normalized spacial score (nSPS) is 25.6. The highest BCUT2D eigenvalue weighted by atomic mass is 16.5. The van der Waals surface area contributed by atoms with Crippen molar-refractivity contribution in [3.05, 3.63) is 12.0 Å². The summed E-state index contributed by atoms with van der Waals surface area (Å²) in [6, 6.07) is 0. The number of nitrogens with one attached hydrogen (secondary N) is 1. The maximum Gasteiger partial charge on any atom is 0.410 e. The average Bonchev–Trinajstić information content (AvgIpc) is 2.61. The van der Waals surface area contributed by atoms with Crippen molar-refractivity contribution in [3.8, 4) is 0 Å². The first kappa shape index (κ1) is 11.1. The van der Waals surface area contributed by atoms with Crippen LogP contribution in [0, 0.1) is 0 Å². The zero-order valence-corrected chi connectivity index (χ0v) is 9.35. The molecular formula is C10H17N3O3. The molecule has 0 bridgehead atoms. The molecule has 0 aromatic heterocycles. The minimum absolute atomic E-state index is 0.0873. The number of ether oxygens (including phenoxy) is 1. The van der Waals surface area contributed by atoms with E-state index in [0.29, 0.717) is 12.5 Å². The Bertz CT molecular complexity index is 300. The largest absolute Gasteiger partial charge is 0.465 e. The lowest BCUT2D eigenvalue weighted by Gasteiger charge is -2.31. The molecule has 0 aliphatic carbocycles. The molecule has 0 aromatic rings. The minimum atomic E-state index is -1.04. The predicted molar refractivity (Wildman–Crippen MR) is 57.3 cm³/mol. The number of carboxylic acid groups (broad SMARTS) is 1. The van der Waals surface area contributed by atoms with Crippen molar-refractivity contribution in [2.75, 3.05) is 20.3 Å². The van der Waals surface area contributed by atoms with Crippen LogP contribution in [0.1, 0.15) is 19.3 Å². The predicted octanol–water partition coefficient (Wildman–Crippen LogP) is 0.784. The van der Waals surface area contributed by atoms with E-state index < -0.39 is 6.09 Å². The molecule has 2 aliphatic rings. The van der Waals surface area contributed by atoms with Crippen LogP contribution in [0.25, 0.3) is 0 Å². The monoisotopic (exact) mass is 227 g/mol. The van der Waals surface area contributed by atoms with Gasteiger partial charge in [0, 0.05) is 19.9 Å². The first-order valence-corrected chi connectivity index (χ1v) is 5.47. The second-order valence-electron chi connectivity index (χ2n) is 4.12. The van der Waals surface area contributed by atoms with Crippen molar-refractivity contribution >= 4 is 6.09 Å². The molecule has 2 rings (SSSR count). The fourth-order valence-corrected chi connectivity index (χ4v) is 2.01. The van der Waals surface area contributed by atoms with E-state index in [-0.39, 0.29) is 6.23 Å². The molecule has 2 heterocycles. The van der Waals surface area contributed by atoms with Crippen LogP contribution in [-0.4, -0.2) is 47.6 Å². The van der Waals surface area contributed by atoms with Crippen LogP contribution in [0.5, 0.6) is 0 Å². The number of carbonyl (C=O) groups is 1. The molecule has 2 aliphatic heterocycles. The van der Waals surface area contributed by atoms with E-state index in [4.69, 9.17) is 9.84 Å². The van der Waals surface area contributed by atoms with Gasteiger partial charge in [-0.1, -0.05) is 0 Å². The van der Waals surface area contributed by atoms with E-state index in [2.05, 4.69) is 5.32 Å². The SMILES string of the molecule is CN1CN(C2CCCCO2)C=C1NC(=O)O. The van der Waals surface area contributed by atoms with Crippen LogP contribution < -0.4 is 5.32 Å². The summed E-state index contributed by atoms with van der Waals surface area (Å²) in [6.07, 6.45) is 4.15. The Morgan fingerprint density at radius 1 is 1.62 bits per heavy atom. The zero-order chi connectivity index (χ0) is 11.5. The smallest absolute Gasteiger partial charge is 0.410 e. The third kappa shape index (κ3) is 2.38. The summed E-state index contributed by atoms with van der Waals surface area (Å²) in [5, 5.41) is 11.0. The first-order chi connectivity index (χ1) is 7.66. The van der Waals surface area contributed by atoms with Crippen molar-refractivity contribution in [3.63, 3.8) is 0 Å². The van der Waals surface area contributed by atoms with Gasteiger partial charge in [-0.15, -0.1) is 0 Å². The van der Waals surface area contributed by atoms with E-state index in [1.807, 2.05) is 23.0 Å². The molecule has 1 amide bonds.